The summed E-state index contributed by atoms with van der Waals surface area (Å²) >= 11 is 0. The molecule has 114 valence electrons. The molecule has 0 fully saturated rings. The summed E-state index contributed by atoms with van der Waals surface area (Å²) in [6.07, 6.45) is 3.74. The summed E-state index contributed by atoms with van der Waals surface area (Å²) in [5.41, 5.74) is 3.75. The van der Waals surface area contributed by atoms with Crippen molar-refractivity contribution in [1.29, 1.82) is 0 Å². The molecule has 2 aliphatic heterocycles. The predicted octanol–water partition coefficient (Wildman–Crippen LogP) is 2.42. The van der Waals surface area contributed by atoms with E-state index in [0.29, 0.717) is 18.9 Å². The molecule has 4 rings (SSSR count). The molecule has 6 heteroatoms. The van der Waals surface area contributed by atoms with E-state index in [1.807, 2.05) is 0 Å². The fraction of sp³-hybridized carbons (Fsp3) is 0.375. The summed E-state index contributed by atoms with van der Waals surface area (Å²) in [5, 5.41) is 15.8. The van der Waals surface area contributed by atoms with Gasteiger partial charge in [0, 0.05) is 5.56 Å². The van der Waals surface area contributed by atoms with Gasteiger partial charge in [-0.3, -0.25) is 5.10 Å². The van der Waals surface area contributed by atoms with Gasteiger partial charge < -0.3 is 14.6 Å². The molecule has 0 amide bonds. The molecule has 2 aromatic rings. The number of carboxylic acid groups (broad SMARTS) is 1. The Morgan fingerprint density at radius 1 is 1.18 bits per heavy atom. The van der Waals surface area contributed by atoms with Crippen molar-refractivity contribution < 1.29 is 19.4 Å². The number of aromatic amines is 1. The van der Waals surface area contributed by atoms with Crippen molar-refractivity contribution in [1.82, 2.24) is 10.2 Å². The first-order valence-electron chi connectivity index (χ1n) is 7.47. The Kier molecular flexibility index (Phi) is 3.03. The zero-order valence-corrected chi connectivity index (χ0v) is 12.0. The number of carbonyl (C=O) groups is 1. The van der Waals surface area contributed by atoms with Crippen LogP contribution >= 0.6 is 0 Å². The number of fused-ring (bicyclic) bond motifs is 2. The summed E-state index contributed by atoms with van der Waals surface area (Å²) in [4.78, 5) is 11.1. The summed E-state index contributed by atoms with van der Waals surface area (Å²) in [6, 6.07) is 3.63. The monoisotopic (exact) mass is 300 g/mol. The van der Waals surface area contributed by atoms with Gasteiger partial charge in [-0.25, -0.2) is 4.79 Å². The highest BCUT2D eigenvalue weighted by atomic mass is 16.5. The first kappa shape index (κ1) is 13.2. The van der Waals surface area contributed by atoms with E-state index < -0.39 is 5.97 Å². The third kappa shape index (κ3) is 2.03. The molecule has 0 unspecified atom stereocenters. The van der Waals surface area contributed by atoms with Crippen molar-refractivity contribution in [3.05, 3.63) is 29.0 Å². The van der Waals surface area contributed by atoms with Gasteiger partial charge in [0.15, 0.2) is 0 Å². The van der Waals surface area contributed by atoms with Crippen molar-refractivity contribution >= 4 is 5.97 Å². The normalized spacial score (nSPS) is 16.2. The molecule has 2 aliphatic rings. The van der Waals surface area contributed by atoms with Crippen molar-refractivity contribution in [2.45, 2.75) is 25.7 Å². The second-order valence-electron chi connectivity index (χ2n) is 5.59. The van der Waals surface area contributed by atoms with Crippen LogP contribution in [-0.4, -0.2) is 34.5 Å². The van der Waals surface area contributed by atoms with Gasteiger partial charge in [0.2, 0.25) is 0 Å². The topological polar surface area (TPSA) is 84.4 Å². The maximum atomic E-state index is 11.1. The van der Waals surface area contributed by atoms with Crippen molar-refractivity contribution in [3.63, 3.8) is 0 Å². The van der Waals surface area contributed by atoms with Crippen molar-refractivity contribution in [2.75, 3.05) is 13.2 Å². The molecule has 1 aromatic carbocycles. The maximum absolute atomic E-state index is 11.1. The zero-order chi connectivity index (χ0) is 15.1. The Bertz CT molecular complexity index is 717. The quantitative estimate of drug-likeness (QED) is 0.889. The molecule has 0 spiro atoms. The standard InChI is InChI=1S/C16H16N2O4/c19-16(20)12-8-11(17-18-12)14-10-4-2-5-21-13(10)7-9-3-1-6-22-15(9)14/h7-8H,1-6H2,(H,17,18)(H,19,20). The van der Waals surface area contributed by atoms with Gasteiger partial charge >= 0.3 is 5.97 Å². The lowest BCUT2D eigenvalue weighted by Crippen LogP contribution is -2.15. The van der Waals surface area contributed by atoms with E-state index >= 15 is 0 Å². The molecular formula is C16H16N2O4. The van der Waals surface area contributed by atoms with E-state index in [0.717, 1.165) is 53.9 Å². The third-order valence-corrected chi connectivity index (χ3v) is 4.15. The minimum atomic E-state index is -1.02. The molecule has 3 heterocycles. The van der Waals surface area contributed by atoms with Crippen molar-refractivity contribution in [3.8, 4) is 22.8 Å². The van der Waals surface area contributed by atoms with Gasteiger partial charge in [-0.05, 0) is 43.4 Å². The molecule has 0 saturated carbocycles. The largest absolute Gasteiger partial charge is 0.493 e. The van der Waals surface area contributed by atoms with Gasteiger partial charge in [-0.15, -0.1) is 0 Å². The molecule has 0 bridgehead atoms. The summed E-state index contributed by atoms with van der Waals surface area (Å²) < 4.78 is 11.7. The fourth-order valence-electron chi connectivity index (χ4n) is 3.16. The second kappa shape index (κ2) is 5.05. The van der Waals surface area contributed by atoms with Crippen LogP contribution in [0.2, 0.25) is 0 Å². The molecular weight excluding hydrogens is 284 g/mol. The second-order valence-corrected chi connectivity index (χ2v) is 5.59. The van der Waals surface area contributed by atoms with Crippen LogP contribution in [-0.2, 0) is 12.8 Å². The minimum Gasteiger partial charge on any atom is -0.493 e. The Labute approximate surface area is 127 Å². The van der Waals surface area contributed by atoms with Crippen LogP contribution in [0.5, 0.6) is 11.5 Å². The number of aryl methyl sites for hydroxylation is 1. The highest BCUT2D eigenvalue weighted by Crippen LogP contribution is 2.44. The number of H-pyrrole nitrogens is 1. The summed E-state index contributed by atoms with van der Waals surface area (Å²) in [6.45, 7) is 1.39. The number of nitrogens with one attached hydrogen (secondary N) is 1. The zero-order valence-electron chi connectivity index (χ0n) is 12.0. The highest BCUT2D eigenvalue weighted by Gasteiger charge is 2.27. The smallest absolute Gasteiger partial charge is 0.353 e. The van der Waals surface area contributed by atoms with E-state index in [1.165, 1.54) is 0 Å². The maximum Gasteiger partial charge on any atom is 0.353 e. The lowest BCUT2D eigenvalue weighted by molar-refractivity contribution is 0.0690. The number of nitrogens with zero attached hydrogens (tertiary/aromatic N) is 1. The molecule has 0 saturated heterocycles. The van der Waals surface area contributed by atoms with Crippen LogP contribution in [0.3, 0.4) is 0 Å². The average molecular weight is 300 g/mol. The van der Waals surface area contributed by atoms with Gasteiger partial charge in [-0.2, -0.15) is 5.10 Å². The van der Waals surface area contributed by atoms with E-state index in [2.05, 4.69) is 16.3 Å². The first-order chi connectivity index (χ1) is 10.7. The number of hydrogen-bond donors (Lipinski definition) is 2. The SMILES string of the molecule is O=C(O)c1cc(-c2c3c(cc4c2OCCC4)OCCC3)n[nH]1. The van der Waals surface area contributed by atoms with E-state index in [4.69, 9.17) is 14.6 Å². The number of aromatic carboxylic acids is 1. The van der Waals surface area contributed by atoms with Crippen LogP contribution < -0.4 is 9.47 Å². The van der Waals surface area contributed by atoms with Crippen molar-refractivity contribution in [2.24, 2.45) is 0 Å². The molecule has 1 aromatic heterocycles. The highest BCUT2D eigenvalue weighted by molar-refractivity contribution is 5.88. The average Bonchev–Trinajstić information content (AvgIpc) is 3.02. The molecule has 22 heavy (non-hydrogen) atoms. The van der Waals surface area contributed by atoms with Gasteiger partial charge in [-0.1, -0.05) is 0 Å². The molecule has 6 nitrogen and oxygen atoms in total. The van der Waals surface area contributed by atoms with Crippen LogP contribution in [0, 0.1) is 0 Å². The van der Waals surface area contributed by atoms with Gasteiger partial charge in [0.1, 0.15) is 17.2 Å². The molecule has 0 aliphatic carbocycles. The molecule has 0 atom stereocenters. The number of carboxylic acids is 1. The number of benzene rings is 1. The summed E-state index contributed by atoms with van der Waals surface area (Å²) in [7, 11) is 0. The van der Waals surface area contributed by atoms with Gasteiger partial charge in [0.05, 0.1) is 24.5 Å². The Balaban J connectivity index is 1.93. The van der Waals surface area contributed by atoms with Crippen LogP contribution in [0.4, 0.5) is 0 Å². The van der Waals surface area contributed by atoms with E-state index in [-0.39, 0.29) is 5.69 Å². The first-order valence-corrected chi connectivity index (χ1v) is 7.47. The van der Waals surface area contributed by atoms with E-state index in [9.17, 15) is 4.79 Å². The molecule has 0 radical (unpaired) electrons. The number of hydrogen-bond acceptors (Lipinski definition) is 4. The Hall–Kier alpha value is -2.50. The van der Waals surface area contributed by atoms with E-state index in [1.54, 1.807) is 6.07 Å². The van der Waals surface area contributed by atoms with Gasteiger partial charge in [0.25, 0.3) is 0 Å². The van der Waals surface area contributed by atoms with Crippen LogP contribution in [0.15, 0.2) is 12.1 Å². The Morgan fingerprint density at radius 2 is 2.00 bits per heavy atom. The minimum absolute atomic E-state index is 0.0777. The predicted molar refractivity (Wildman–Crippen MR) is 78.6 cm³/mol. The number of ether oxygens (including phenoxy) is 2. The lowest BCUT2D eigenvalue weighted by Gasteiger charge is -2.26. The summed E-state index contributed by atoms with van der Waals surface area (Å²) in [5.74, 6) is 0.693. The molecule has 2 N–H and O–H groups in total. The Morgan fingerprint density at radius 3 is 2.82 bits per heavy atom. The lowest BCUT2D eigenvalue weighted by atomic mass is 9.91. The van der Waals surface area contributed by atoms with Crippen LogP contribution in [0.1, 0.15) is 34.5 Å². The fourth-order valence-corrected chi connectivity index (χ4v) is 3.16. The number of rotatable bonds is 2. The van der Waals surface area contributed by atoms with Crippen LogP contribution in [0.25, 0.3) is 11.3 Å². The third-order valence-electron chi connectivity index (χ3n) is 4.15. The number of aromatic nitrogens is 2.